The molecule has 0 atom stereocenters. The van der Waals surface area contributed by atoms with Gasteiger partial charge in [-0.1, -0.05) is 37.3 Å². The molecule has 0 saturated heterocycles. The number of anilines is 2. The predicted molar refractivity (Wildman–Crippen MR) is 116 cm³/mol. The van der Waals surface area contributed by atoms with Crippen LogP contribution in [0.25, 0.3) is 0 Å². The Kier molecular flexibility index (Phi) is 7.39. The Labute approximate surface area is 172 Å². The highest BCUT2D eigenvalue weighted by molar-refractivity contribution is 7.92. The minimum Gasteiger partial charge on any atom is -0.350 e. The Hall–Kier alpha value is -2.87. The SMILES string of the molecule is CCc1ccccc1N(CC(=O)Nc1ccccc1C(=O)NC(C)C)S(C)(=O)=O. The molecule has 0 radical (unpaired) electrons. The van der Waals surface area contributed by atoms with Crippen molar-refractivity contribution in [1.82, 2.24) is 5.32 Å². The molecule has 0 bridgehead atoms. The number of hydrogen-bond acceptors (Lipinski definition) is 4. The smallest absolute Gasteiger partial charge is 0.253 e. The van der Waals surface area contributed by atoms with Gasteiger partial charge in [-0.2, -0.15) is 0 Å². The molecule has 0 spiro atoms. The molecule has 0 fully saturated rings. The summed E-state index contributed by atoms with van der Waals surface area (Å²) in [6.07, 6.45) is 1.69. The zero-order valence-corrected chi connectivity index (χ0v) is 17.9. The van der Waals surface area contributed by atoms with E-state index in [9.17, 15) is 18.0 Å². The van der Waals surface area contributed by atoms with Gasteiger partial charge in [0.05, 0.1) is 23.2 Å². The Morgan fingerprint density at radius 2 is 1.66 bits per heavy atom. The number of carbonyl (C=O) groups excluding carboxylic acids is 2. The minimum absolute atomic E-state index is 0.0578. The number of para-hydroxylation sites is 2. The van der Waals surface area contributed by atoms with E-state index in [0.29, 0.717) is 23.4 Å². The van der Waals surface area contributed by atoms with Crippen LogP contribution in [0.1, 0.15) is 36.7 Å². The summed E-state index contributed by atoms with van der Waals surface area (Å²) in [4.78, 5) is 25.1. The van der Waals surface area contributed by atoms with Crippen LogP contribution in [0.5, 0.6) is 0 Å². The second-order valence-electron chi connectivity index (χ2n) is 6.97. The van der Waals surface area contributed by atoms with Crippen LogP contribution in [0.2, 0.25) is 0 Å². The van der Waals surface area contributed by atoms with Crippen LogP contribution in [-0.2, 0) is 21.2 Å². The van der Waals surface area contributed by atoms with Gasteiger partial charge in [0, 0.05) is 6.04 Å². The maximum atomic E-state index is 12.7. The largest absolute Gasteiger partial charge is 0.350 e. The predicted octanol–water partition coefficient (Wildman–Crippen LogP) is 2.79. The number of hydrogen-bond donors (Lipinski definition) is 2. The lowest BCUT2D eigenvalue weighted by atomic mass is 10.1. The molecule has 0 aliphatic rings. The summed E-state index contributed by atoms with van der Waals surface area (Å²) in [6.45, 7) is 5.21. The molecule has 2 N–H and O–H groups in total. The van der Waals surface area contributed by atoms with E-state index < -0.39 is 22.5 Å². The van der Waals surface area contributed by atoms with Crippen molar-refractivity contribution in [1.29, 1.82) is 0 Å². The van der Waals surface area contributed by atoms with Gasteiger partial charge in [-0.15, -0.1) is 0 Å². The fourth-order valence-corrected chi connectivity index (χ4v) is 3.77. The zero-order valence-electron chi connectivity index (χ0n) is 17.1. The van der Waals surface area contributed by atoms with E-state index in [1.165, 1.54) is 0 Å². The van der Waals surface area contributed by atoms with E-state index in [0.717, 1.165) is 16.1 Å². The van der Waals surface area contributed by atoms with Crippen LogP contribution in [0.4, 0.5) is 11.4 Å². The standard InChI is InChI=1S/C21H27N3O4S/c1-5-16-10-6-9-13-19(16)24(29(4,27)28)14-20(25)23-18-12-8-7-11-17(18)21(26)22-15(2)3/h6-13,15H,5,14H2,1-4H3,(H,22,26)(H,23,25). The normalized spacial score (nSPS) is 11.2. The first-order valence-corrected chi connectivity index (χ1v) is 11.2. The van der Waals surface area contributed by atoms with Gasteiger partial charge in [-0.25, -0.2) is 8.42 Å². The summed E-state index contributed by atoms with van der Waals surface area (Å²) >= 11 is 0. The van der Waals surface area contributed by atoms with Crippen molar-refractivity contribution >= 4 is 33.2 Å². The molecule has 0 aliphatic heterocycles. The first-order chi connectivity index (χ1) is 13.6. The average Bonchev–Trinajstić information content (AvgIpc) is 2.65. The van der Waals surface area contributed by atoms with E-state index in [2.05, 4.69) is 10.6 Å². The Morgan fingerprint density at radius 3 is 2.28 bits per heavy atom. The Balaban J connectivity index is 2.28. The number of sulfonamides is 1. The molecule has 0 unspecified atom stereocenters. The first-order valence-electron chi connectivity index (χ1n) is 9.38. The van der Waals surface area contributed by atoms with Gasteiger partial charge in [-0.3, -0.25) is 13.9 Å². The molecular formula is C21H27N3O4S. The van der Waals surface area contributed by atoms with Gasteiger partial charge < -0.3 is 10.6 Å². The van der Waals surface area contributed by atoms with Crippen LogP contribution in [0.15, 0.2) is 48.5 Å². The molecule has 8 heteroatoms. The maximum absolute atomic E-state index is 12.7. The summed E-state index contributed by atoms with van der Waals surface area (Å²) in [6, 6.07) is 13.6. The van der Waals surface area contributed by atoms with E-state index in [1.807, 2.05) is 32.9 Å². The third-order valence-electron chi connectivity index (χ3n) is 4.19. The molecule has 2 amide bonds. The summed E-state index contributed by atoms with van der Waals surface area (Å²) in [5.41, 5.74) is 1.93. The molecule has 0 saturated carbocycles. The van der Waals surface area contributed by atoms with E-state index in [4.69, 9.17) is 0 Å². The number of nitrogens with one attached hydrogen (secondary N) is 2. The highest BCUT2D eigenvalue weighted by Gasteiger charge is 2.23. The van der Waals surface area contributed by atoms with Crippen LogP contribution < -0.4 is 14.9 Å². The van der Waals surface area contributed by atoms with E-state index >= 15 is 0 Å². The summed E-state index contributed by atoms with van der Waals surface area (Å²) in [7, 11) is -3.69. The highest BCUT2D eigenvalue weighted by Crippen LogP contribution is 2.23. The van der Waals surface area contributed by atoms with Crippen LogP contribution in [0, 0.1) is 0 Å². The number of amides is 2. The molecular weight excluding hydrogens is 390 g/mol. The van der Waals surface area contributed by atoms with Crippen molar-refractivity contribution in [2.45, 2.75) is 33.2 Å². The van der Waals surface area contributed by atoms with Gasteiger partial charge >= 0.3 is 0 Å². The molecule has 0 aliphatic carbocycles. The number of benzene rings is 2. The van der Waals surface area contributed by atoms with E-state index in [1.54, 1.807) is 36.4 Å². The Bertz CT molecular complexity index is 987. The van der Waals surface area contributed by atoms with Crippen molar-refractivity contribution in [3.05, 3.63) is 59.7 Å². The number of rotatable bonds is 8. The third-order valence-corrected chi connectivity index (χ3v) is 5.32. The fraction of sp³-hybridized carbons (Fsp3) is 0.333. The topological polar surface area (TPSA) is 95.6 Å². The summed E-state index contributed by atoms with van der Waals surface area (Å²) < 4.78 is 25.8. The fourth-order valence-electron chi connectivity index (χ4n) is 2.88. The molecule has 2 aromatic rings. The second-order valence-corrected chi connectivity index (χ2v) is 8.88. The molecule has 7 nitrogen and oxygen atoms in total. The van der Waals surface area contributed by atoms with Gasteiger partial charge in [0.1, 0.15) is 6.54 Å². The van der Waals surface area contributed by atoms with Crippen molar-refractivity contribution in [2.24, 2.45) is 0 Å². The second kappa shape index (κ2) is 9.56. The van der Waals surface area contributed by atoms with Crippen LogP contribution >= 0.6 is 0 Å². The van der Waals surface area contributed by atoms with Gasteiger partial charge in [0.2, 0.25) is 15.9 Å². The molecule has 0 heterocycles. The average molecular weight is 418 g/mol. The molecule has 0 aromatic heterocycles. The molecule has 2 aromatic carbocycles. The minimum atomic E-state index is -3.69. The first kappa shape index (κ1) is 22.4. The van der Waals surface area contributed by atoms with Gasteiger partial charge in [0.15, 0.2) is 0 Å². The molecule has 29 heavy (non-hydrogen) atoms. The molecule has 156 valence electrons. The van der Waals surface area contributed by atoms with Crippen molar-refractivity contribution < 1.29 is 18.0 Å². The number of aryl methyl sites for hydroxylation is 1. The zero-order chi connectivity index (χ0) is 21.6. The Morgan fingerprint density at radius 1 is 1.03 bits per heavy atom. The lowest BCUT2D eigenvalue weighted by Crippen LogP contribution is -2.38. The lowest BCUT2D eigenvalue weighted by molar-refractivity contribution is -0.114. The molecule has 2 rings (SSSR count). The highest BCUT2D eigenvalue weighted by atomic mass is 32.2. The van der Waals surface area contributed by atoms with Gasteiger partial charge in [0.25, 0.3) is 5.91 Å². The monoisotopic (exact) mass is 417 g/mol. The maximum Gasteiger partial charge on any atom is 0.253 e. The van der Waals surface area contributed by atoms with Crippen molar-refractivity contribution in [2.75, 3.05) is 22.4 Å². The van der Waals surface area contributed by atoms with Gasteiger partial charge in [-0.05, 0) is 44.0 Å². The third kappa shape index (κ3) is 6.05. The van der Waals surface area contributed by atoms with Crippen molar-refractivity contribution in [3.63, 3.8) is 0 Å². The van der Waals surface area contributed by atoms with Crippen LogP contribution in [-0.4, -0.2) is 39.1 Å². The van der Waals surface area contributed by atoms with E-state index in [-0.39, 0.29) is 11.9 Å². The number of carbonyl (C=O) groups is 2. The summed E-state index contributed by atoms with van der Waals surface area (Å²) in [5, 5.41) is 5.45. The van der Waals surface area contributed by atoms with Crippen LogP contribution in [0.3, 0.4) is 0 Å². The summed E-state index contributed by atoms with van der Waals surface area (Å²) in [5.74, 6) is -0.849. The quantitative estimate of drug-likeness (QED) is 0.690. The van der Waals surface area contributed by atoms with Crippen molar-refractivity contribution in [3.8, 4) is 0 Å². The lowest BCUT2D eigenvalue weighted by Gasteiger charge is -2.24. The number of nitrogens with zero attached hydrogens (tertiary/aromatic N) is 1.